The molecule has 3 aromatic rings. The number of fused-ring (bicyclic) bond motifs is 7. The number of ether oxygens (including phenoxy) is 2. The summed E-state index contributed by atoms with van der Waals surface area (Å²) in [4.78, 5) is 43.0. The number of carbonyl (C=O) groups excluding carboxylic acids is 2. The molecule has 1 saturated heterocycles. The second kappa shape index (κ2) is 22.9. The second-order valence-corrected chi connectivity index (χ2v) is 18.9. The fourth-order valence-electron chi connectivity index (χ4n) is 9.51. The molecule has 1 aliphatic carbocycles. The van der Waals surface area contributed by atoms with Gasteiger partial charge in [0.05, 0.1) is 5.92 Å². The number of aliphatic hydroxyl groups is 1. The Bertz CT molecular complexity index is 2500. The number of allylic oxidation sites excluding steroid dienone is 5. The summed E-state index contributed by atoms with van der Waals surface area (Å²) in [6.45, 7) is 25.7. The molecule has 1 N–H and O–H groups in total. The van der Waals surface area contributed by atoms with Crippen LogP contribution in [0.1, 0.15) is 154 Å². The van der Waals surface area contributed by atoms with Crippen LogP contribution in [0.5, 0.6) is 0 Å². The van der Waals surface area contributed by atoms with Crippen LogP contribution >= 0.6 is 0 Å². The summed E-state index contributed by atoms with van der Waals surface area (Å²) < 4.78 is 11.1. The fraction of sp³-hybridized carbons (Fsp3) is 0.491. The van der Waals surface area contributed by atoms with E-state index in [2.05, 4.69) is 67.2 Å². The van der Waals surface area contributed by atoms with Crippen LogP contribution in [0.3, 0.4) is 0 Å². The first-order valence-corrected chi connectivity index (χ1v) is 23.5. The fourth-order valence-corrected chi connectivity index (χ4v) is 9.51. The van der Waals surface area contributed by atoms with Gasteiger partial charge in [0.2, 0.25) is 0 Å². The average Bonchev–Trinajstić information content (AvgIpc) is 3.99. The Morgan fingerprint density at radius 2 is 1.65 bits per heavy atom. The molecule has 6 rings (SSSR count). The number of aromatic nitrogens is 3. The first-order chi connectivity index (χ1) is 30.6. The quantitative estimate of drug-likeness (QED) is 0.0414. The van der Waals surface area contributed by atoms with Crippen LogP contribution in [-0.4, -0.2) is 59.9 Å². The number of esters is 1. The summed E-state index contributed by atoms with van der Waals surface area (Å²) in [5, 5.41) is 18.1. The minimum absolute atomic E-state index is 0. The molecule has 3 aliphatic rings. The SMILES string of the molecule is C=Cc1c2[n-]c(c1C)/C=C1\[N-]/C(=C3\c4[n-]c(c(C)c4C(=O)[C@@H]3C(O)OC)/C=c3\[n-]/c(c(C)c3CC)=C\2)[C@@H](/C=C/C(=O)OC/C=C(\C)CCC[C@H](C)CCC[C@H](C)/C=C/CC(C)C)[C@@H]1C.[Mg+2]. The maximum Gasteiger partial charge on any atom is 2.00 e. The molecule has 9 nitrogen and oxygen atoms in total. The van der Waals surface area contributed by atoms with E-state index in [1.807, 2.05) is 51.2 Å². The Morgan fingerprint density at radius 1 is 0.938 bits per heavy atom. The van der Waals surface area contributed by atoms with Crippen LogP contribution in [0.4, 0.5) is 0 Å². The maximum atomic E-state index is 14.4. The summed E-state index contributed by atoms with van der Waals surface area (Å²) in [6, 6.07) is 0. The zero-order valence-electron chi connectivity index (χ0n) is 40.9. The van der Waals surface area contributed by atoms with E-state index >= 15 is 0 Å². The van der Waals surface area contributed by atoms with E-state index in [-0.39, 0.29) is 41.4 Å². The van der Waals surface area contributed by atoms with Crippen molar-refractivity contribution >= 4 is 64.7 Å². The molecule has 0 saturated carbocycles. The Kier molecular flexibility index (Phi) is 18.2. The van der Waals surface area contributed by atoms with Crippen molar-refractivity contribution < 1.29 is 24.2 Å². The zero-order chi connectivity index (χ0) is 46.4. The van der Waals surface area contributed by atoms with E-state index in [9.17, 15) is 14.7 Å². The van der Waals surface area contributed by atoms with Crippen molar-refractivity contribution in [3.05, 3.63) is 126 Å². The van der Waals surface area contributed by atoms with Crippen molar-refractivity contribution in [2.24, 2.45) is 35.5 Å². The number of Topliss-reactive ketones (excluding diaryl/α,β-unsaturated/α-hetero) is 1. The molecular weight excluding hydrogens is 821 g/mol. The molecule has 5 heterocycles. The number of hydrogen-bond donors (Lipinski definition) is 1. The number of ketones is 1. The van der Waals surface area contributed by atoms with Gasteiger partial charge in [0, 0.05) is 18.7 Å². The predicted octanol–water partition coefficient (Wildman–Crippen LogP) is 9.71. The van der Waals surface area contributed by atoms with Gasteiger partial charge in [0.1, 0.15) is 6.61 Å². The van der Waals surface area contributed by atoms with Crippen molar-refractivity contribution in [3.8, 4) is 0 Å². The van der Waals surface area contributed by atoms with Gasteiger partial charge in [-0.25, -0.2) is 4.79 Å². The van der Waals surface area contributed by atoms with Gasteiger partial charge in [0.25, 0.3) is 0 Å². The molecule has 10 heteroatoms. The third-order valence-electron chi connectivity index (χ3n) is 13.6. The molecular formula is C55H70MgN4O5-2. The number of nitrogens with zero attached hydrogens (tertiary/aromatic N) is 4. The van der Waals surface area contributed by atoms with Crippen LogP contribution in [0.2, 0.25) is 0 Å². The molecule has 1 fully saturated rings. The van der Waals surface area contributed by atoms with Crippen molar-refractivity contribution in [1.82, 2.24) is 15.0 Å². The van der Waals surface area contributed by atoms with Gasteiger partial charge >= 0.3 is 29.0 Å². The van der Waals surface area contributed by atoms with Crippen LogP contribution in [0.15, 0.2) is 53.9 Å². The van der Waals surface area contributed by atoms with Gasteiger partial charge in [-0.1, -0.05) is 143 Å². The smallest absolute Gasteiger partial charge is 0.664 e. The second-order valence-electron chi connectivity index (χ2n) is 18.9. The Morgan fingerprint density at radius 3 is 2.34 bits per heavy atom. The third kappa shape index (κ3) is 11.6. The largest absolute Gasteiger partial charge is 2.00 e. The summed E-state index contributed by atoms with van der Waals surface area (Å²) >= 11 is 0. The molecule has 0 radical (unpaired) electrons. The minimum Gasteiger partial charge on any atom is -0.664 e. The van der Waals surface area contributed by atoms with Gasteiger partial charge in [-0.2, -0.15) is 5.70 Å². The minimum atomic E-state index is -1.44. The first kappa shape index (κ1) is 51.6. The van der Waals surface area contributed by atoms with Crippen LogP contribution in [0.25, 0.3) is 35.2 Å². The molecule has 0 aromatic carbocycles. The molecule has 0 spiro atoms. The van der Waals surface area contributed by atoms with Gasteiger partial charge < -0.3 is 34.8 Å². The van der Waals surface area contributed by atoms with Crippen molar-refractivity contribution in [2.45, 2.75) is 127 Å². The van der Waals surface area contributed by atoms with Gasteiger partial charge in [-0.3, -0.25) is 4.79 Å². The normalized spacial score (nSPS) is 22.5. The van der Waals surface area contributed by atoms with Gasteiger partial charge in [-0.05, 0) is 101 Å². The topological polar surface area (TPSA) is 129 Å². The Labute approximate surface area is 403 Å². The number of hydrogen-bond acceptors (Lipinski definition) is 5. The first-order valence-electron chi connectivity index (χ1n) is 23.5. The van der Waals surface area contributed by atoms with E-state index in [0.717, 1.165) is 75.7 Å². The van der Waals surface area contributed by atoms with Crippen LogP contribution < -0.4 is 25.7 Å². The maximum absolute atomic E-state index is 14.4. The van der Waals surface area contributed by atoms with Crippen LogP contribution in [0, 0.1) is 56.3 Å². The Balaban J connectivity index is 0.00000793. The molecule has 0 amide bonds. The molecule has 8 bridgehead atoms. The van der Waals surface area contributed by atoms with E-state index in [1.54, 1.807) is 6.08 Å². The van der Waals surface area contributed by atoms with Gasteiger partial charge in [-0.15, -0.1) is 39.2 Å². The third-order valence-corrected chi connectivity index (χ3v) is 13.6. The van der Waals surface area contributed by atoms with Crippen molar-refractivity contribution in [2.75, 3.05) is 13.7 Å². The molecule has 1 unspecified atom stereocenters. The van der Waals surface area contributed by atoms with E-state index < -0.39 is 24.1 Å². The Hall–Kier alpha value is -4.35. The molecule has 3 aromatic heterocycles. The molecule has 344 valence electrons. The van der Waals surface area contributed by atoms with Crippen molar-refractivity contribution in [3.63, 3.8) is 0 Å². The summed E-state index contributed by atoms with van der Waals surface area (Å²) in [5.41, 5.74) is 10.7. The summed E-state index contributed by atoms with van der Waals surface area (Å²) in [7, 11) is 1.38. The zero-order valence-corrected chi connectivity index (χ0v) is 42.3. The van der Waals surface area contributed by atoms with E-state index in [1.165, 1.54) is 44.4 Å². The molecule has 65 heavy (non-hydrogen) atoms. The number of aliphatic hydroxyl groups excluding tert-OH is 1. The molecule has 2 aliphatic heterocycles. The monoisotopic (exact) mass is 891 g/mol. The summed E-state index contributed by atoms with van der Waals surface area (Å²) in [5.74, 6) is -0.489. The number of carbonyl (C=O) groups is 2. The number of methoxy groups -OCH3 is 1. The van der Waals surface area contributed by atoms with Gasteiger partial charge in [0.15, 0.2) is 12.1 Å². The van der Waals surface area contributed by atoms with E-state index in [4.69, 9.17) is 29.7 Å². The molecule has 6 atom stereocenters. The predicted molar refractivity (Wildman–Crippen MR) is 265 cm³/mol. The summed E-state index contributed by atoms with van der Waals surface area (Å²) in [6.07, 6.45) is 25.2. The van der Waals surface area contributed by atoms with Crippen molar-refractivity contribution in [1.29, 1.82) is 0 Å². The van der Waals surface area contributed by atoms with Crippen LogP contribution in [-0.2, 0) is 20.7 Å². The number of rotatable bonds is 19. The van der Waals surface area contributed by atoms with E-state index in [0.29, 0.717) is 51.5 Å². The average molecular weight is 891 g/mol. The standard InChI is InChI=1S/C55H71N4O5.Mg/c1-13-39-35(8)42-28-44-37(10)41(24-25-48(60)64-27-26-34(7)23-17-22-33(6)21-16-20-32(5)19-15-18-31(3)4)52(58-44)50-51(55(62)63-12)54(61)49-38(11)45(59-53(49)50)30-47-40(14-2)36(9)43(57-47)29-46(39)56-42;/h13,15,19,24-26,28-33,37,41,51,55,62H,1,14,16-18,20-23,27H2,2-12H3,(H-,58,59,61);/q-3;+2/p-1/b19-15+,25-24+,34-26+,43-29-,44-28-,47-30-;/t32-,33-,37+,41+,51-,55?;/m1./s1.